The molecule has 0 spiro atoms. The molecule has 1 aromatic carbocycles. The highest BCUT2D eigenvalue weighted by Gasteiger charge is 2.24. The second-order valence-electron chi connectivity index (χ2n) is 8.26. The maximum absolute atomic E-state index is 12.4. The van der Waals surface area contributed by atoms with E-state index in [0.717, 1.165) is 12.8 Å². The molecule has 3 amide bonds. The zero-order chi connectivity index (χ0) is 19.2. The van der Waals surface area contributed by atoms with Crippen LogP contribution in [0, 0.1) is 5.41 Å². The van der Waals surface area contributed by atoms with E-state index in [1.54, 1.807) is 4.90 Å². The normalized spacial score (nSPS) is 15.1. The van der Waals surface area contributed by atoms with E-state index >= 15 is 0 Å². The summed E-state index contributed by atoms with van der Waals surface area (Å²) in [4.78, 5) is 28.3. The van der Waals surface area contributed by atoms with Gasteiger partial charge in [-0.15, -0.1) is 0 Å². The zero-order valence-corrected chi connectivity index (χ0v) is 16.7. The van der Waals surface area contributed by atoms with Crippen molar-refractivity contribution >= 4 is 11.9 Å². The van der Waals surface area contributed by atoms with Gasteiger partial charge in [-0.1, -0.05) is 52.0 Å². The predicted molar refractivity (Wildman–Crippen MR) is 105 cm³/mol. The number of benzene rings is 1. The Morgan fingerprint density at radius 2 is 1.50 bits per heavy atom. The molecule has 0 radical (unpaired) electrons. The minimum Gasteiger partial charge on any atom is -0.339 e. The number of hydrogen-bond acceptors (Lipinski definition) is 2. The third-order valence-electron chi connectivity index (χ3n) is 4.75. The summed E-state index contributed by atoms with van der Waals surface area (Å²) in [6.45, 7) is 11.5. The van der Waals surface area contributed by atoms with Crippen molar-refractivity contribution in [3.8, 4) is 0 Å². The standard InChI is InChI=1S/C21H33N3O2/c1-5-17-6-8-18(9-7-17)10-11-19(25)23-12-14-24(15-13-23)20(26)22-16-21(2,3)4/h6-9H,5,10-16H2,1-4H3,(H,22,26). The molecular weight excluding hydrogens is 326 g/mol. The lowest BCUT2D eigenvalue weighted by Gasteiger charge is -2.35. The molecule has 0 unspecified atom stereocenters. The van der Waals surface area contributed by atoms with Crippen molar-refractivity contribution in [3.63, 3.8) is 0 Å². The summed E-state index contributed by atoms with van der Waals surface area (Å²) < 4.78 is 0. The van der Waals surface area contributed by atoms with E-state index in [4.69, 9.17) is 0 Å². The lowest BCUT2D eigenvalue weighted by Crippen LogP contribution is -2.53. The van der Waals surface area contributed by atoms with Crippen LogP contribution in [0.4, 0.5) is 4.79 Å². The van der Waals surface area contributed by atoms with Gasteiger partial charge in [0.1, 0.15) is 0 Å². The van der Waals surface area contributed by atoms with Crippen molar-refractivity contribution in [1.29, 1.82) is 0 Å². The van der Waals surface area contributed by atoms with Crippen LogP contribution in [0.3, 0.4) is 0 Å². The average Bonchev–Trinajstić information content (AvgIpc) is 2.64. The summed E-state index contributed by atoms with van der Waals surface area (Å²) >= 11 is 0. The third-order valence-corrected chi connectivity index (χ3v) is 4.75. The Bertz CT molecular complexity index is 597. The summed E-state index contributed by atoms with van der Waals surface area (Å²) in [5.41, 5.74) is 2.60. The number of hydrogen-bond donors (Lipinski definition) is 1. The number of urea groups is 1. The highest BCUT2D eigenvalue weighted by molar-refractivity contribution is 5.78. The number of nitrogens with zero attached hydrogens (tertiary/aromatic N) is 2. The minimum absolute atomic E-state index is 0.0250. The smallest absolute Gasteiger partial charge is 0.317 e. The van der Waals surface area contributed by atoms with Crippen molar-refractivity contribution in [2.45, 2.75) is 47.0 Å². The van der Waals surface area contributed by atoms with Gasteiger partial charge in [-0.2, -0.15) is 0 Å². The molecule has 5 heteroatoms. The first-order chi connectivity index (χ1) is 12.3. The Hall–Kier alpha value is -2.04. The molecule has 0 atom stereocenters. The summed E-state index contributed by atoms with van der Waals surface area (Å²) in [7, 11) is 0. The summed E-state index contributed by atoms with van der Waals surface area (Å²) in [5.74, 6) is 0.180. The second-order valence-corrected chi connectivity index (χ2v) is 8.26. The molecule has 144 valence electrons. The van der Waals surface area contributed by atoms with E-state index in [9.17, 15) is 9.59 Å². The van der Waals surface area contributed by atoms with Crippen LogP contribution in [-0.4, -0.2) is 54.5 Å². The molecule has 1 aliphatic rings. The number of piperazine rings is 1. The molecule has 2 rings (SSSR count). The van der Waals surface area contributed by atoms with Crippen molar-refractivity contribution < 1.29 is 9.59 Å². The van der Waals surface area contributed by atoms with Gasteiger partial charge >= 0.3 is 6.03 Å². The van der Waals surface area contributed by atoms with Crippen LogP contribution >= 0.6 is 0 Å². The first-order valence-corrected chi connectivity index (χ1v) is 9.67. The molecule has 0 bridgehead atoms. The fourth-order valence-corrected chi connectivity index (χ4v) is 2.96. The van der Waals surface area contributed by atoms with Crippen molar-refractivity contribution in [2.75, 3.05) is 32.7 Å². The van der Waals surface area contributed by atoms with Crippen molar-refractivity contribution in [3.05, 3.63) is 35.4 Å². The van der Waals surface area contributed by atoms with Crippen LogP contribution in [0.5, 0.6) is 0 Å². The summed E-state index contributed by atoms with van der Waals surface area (Å²) in [6, 6.07) is 8.47. The maximum Gasteiger partial charge on any atom is 0.317 e. The van der Waals surface area contributed by atoms with E-state index < -0.39 is 0 Å². The van der Waals surface area contributed by atoms with E-state index in [2.05, 4.69) is 57.3 Å². The number of nitrogens with one attached hydrogen (secondary N) is 1. The van der Waals surface area contributed by atoms with Crippen LogP contribution in [0.25, 0.3) is 0 Å². The van der Waals surface area contributed by atoms with E-state index in [1.807, 2.05) is 4.90 Å². The lowest BCUT2D eigenvalue weighted by molar-refractivity contribution is -0.132. The Balaban J connectivity index is 1.72. The molecule has 1 aromatic rings. The van der Waals surface area contributed by atoms with Gasteiger partial charge in [0, 0.05) is 39.1 Å². The minimum atomic E-state index is -0.0250. The number of rotatable bonds is 5. The molecule has 0 aromatic heterocycles. The Labute approximate surface area is 157 Å². The first-order valence-electron chi connectivity index (χ1n) is 9.67. The molecule has 5 nitrogen and oxygen atoms in total. The number of carbonyl (C=O) groups excluding carboxylic acids is 2. The van der Waals surface area contributed by atoms with Crippen molar-refractivity contribution in [2.24, 2.45) is 5.41 Å². The average molecular weight is 360 g/mol. The second kappa shape index (κ2) is 9.06. The predicted octanol–water partition coefficient (Wildman–Crippen LogP) is 3.08. The largest absolute Gasteiger partial charge is 0.339 e. The number of amides is 3. The Morgan fingerprint density at radius 3 is 2.04 bits per heavy atom. The Morgan fingerprint density at radius 1 is 0.962 bits per heavy atom. The van der Waals surface area contributed by atoms with Crippen LogP contribution in [0.2, 0.25) is 0 Å². The van der Waals surface area contributed by atoms with Gasteiger partial charge in [0.2, 0.25) is 5.91 Å². The summed E-state index contributed by atoms with van der Waals surface area (Å²) in [6.07, 6.45) is 2.34. The van der Waals surface area contributed by atoms with Gasteiger partial charge < -0.3 is 15.1 Å². The number of carbonyl (C=O) groups is 2. The highest BCUT2D eigenvalue weighted by Crippen LogP contribution is 2.12. The quantitative estimate of drug-likeness (QED) is 0.878. The van der Waals surface area contributed by atoms with Crippen LogP contribution in [-0.2, 0) is 17.6 Å². The zero-order valence-electron chi connectivity index (χ0n) is 16.7. The van der Waals surface area contributed by atoms with E-state index in [-0.39, 0.29) is 17.4 Å². The topological polar surface area (TPSA) is 52.7 Å². The highest BCUT2D eigenvalue weighted by atomic mass is 16.2. The molecule has 26 heavy (non-hydrogen) atoms. The fourth-order valence-electron chi connectivity index (χ4n) is 2.96. The van der Waals surface area contributed by atoms with Crippen LogP contribution < -0.4 is 5.32 Å². The molecule has 1 fully saturated rings. The Kier molecular flexibility index (Phi) is 7.06. The van der Waals surface area contributed by atoms with Gasteiger partial charge in [0.25, 0.3) is 0 Å². The number of aryl methyl sites for hydroxylation is 2. The summed E-state index contributed by atoms with van der Waals surface area (Å²) in [5, 5.41) is 2.98. The van der Waals surface area contributed by atoms with E-state index in [0.29, 0.717) is 39.1 Å². The lowest BCUT2D eigenvalue weighted by atomic mass is 9.97. The first kappa shape index (κ1) is 20.3. The molecule has 1 heterocycles. The molecule has 1 saturated heterocycles. The molecular formula is C21H33N3O2. The molecule has 1 aliphatic heterocycles. The van der Waals surface area contributed by atoms with Gasteiger partial charge in [-0.25, -0.2) is 4.79 Å². The van der Waals surface area contributed by atoms with Gasteiger partial charge in [-0.05, 0) is 29.4 Å². The van der Waals surface area contributed by atoms with Crippen LogP contribution in [0.15, 0.2) is 24.3 Å². The van der Waals surface area contributed by atoms with Gasteiger partial charge in [-0.3, -0.25) is 4.79 Å². The molecule has 0 aliphatic carbocycles. The SMILES string of the molecule is CCc1ccc(CCC(=O)N2CCN(C(=O)NCC(C)(C)C)CC2)cc1. The van der Waals surface area contributed by atoms with Crippen molar-refractivity contribution in [1.82, 2.24) is 15.1 Å². The third kappa shape index (κ3) is 6.36. The van der Waals surface area contributed by atoms with Gasteiger partial charge in [0.05, 0.1) is 0 Å². The van der Waals surface area contributed by atoms with E-state index in [1.165, 1.54) is 11.1 Å². The fraction of sp³-hybridized carbons (Fsp3) is 0.619. The van der Waals surface area contributed by atoms with Gasteiger partial charge in [0.15, 0.2) is 0 Å². The molecule has 0 saturated carbocycles. The maximum atomic E-state index is 12.4. The van der Waals surface area contributed by atoms with Crippen LogP contribution in [0.1, 0.15) is 45.2 Å². The monoisotopic (exact) mass is 359 g/mol. The molecule has 1 N–H and O–H groups in total.